The van der Waals surface area contributed by atoms with Crippen LogP contribution in [0.5, 0.6) is 0 Å². The summed E-state index contributed by atoms with van der Waals surface area (Å²) in [6, 6.07) is 0.287. The van der Waals surface area contributed by atoms with Crippen molar-refractivity contribution in [3.8, 4) is 0 Å². The number of aromatic nitrogens is 2. The predicted molar refractivity (Wildman–Crippen MR) is 79.4 cm³/mol. The third kappa shape index (κ3) is 4.05. The van der Waals surface area contributed by atoms with Crippen molar-refractivity contribution in [2.75, 3.05) is 13.7 Å². The molecule has 0 fully saturated rings. The van der Waals surface area contributed by atoms with Gasteiger partial charge in [-0.05, 0) is 33.2 Å². The SMILES string of the molecule is CCCNC(Cc1nccn1CC)C(C)(CC)OC. The number of ether oxygens (including phenoxy) is 1. The van der Waals surface area contributed by atoms with E-state index in [1.807, 2.05) is 12.4 Å². The minimum atomic E-state index is -0.153. The van der Waals surface area contributed by atoms with Gasteiger partial charge in [0.2, 0.25) is 0 Å². The molecule has 0 aliphatic heterocycles. The van der Waals surface area contributed by atoms with E-state index in [0.29, 0.717) is 0 Å². The lowest BCUT2D eigenvalue weighted by molar-refractivity contribution is -0.0293. The number of nitrogens with one attached hydrogen (secondary N) is 1. The number of imidazole rings is 1. The van der Waals surface area contributed by atoms with Crippen LogP contribution in [0.15, 0.2) is 12.4 Å². The summed E-state index contributed by atoms with van der Waals surface area (Å²) in [5.41, 5.74) is -0.153. The minimum Gasteiger partial charge on any atom is -0.377 e. The Hall–Kier alpha value is -0.870. The summed E-state index contributed by atoms with van der Waals surface area (Å²) in [6.45, 7) is 10.7. The molecule has 1 aromatic rings. The lowest BCUT2D eigenvalue weighted by Gasteiger charge is -2.36. The normalized spacial score (nSPS) is 16.3. The zero-order valence-corrected chi connectivity index (χ0v) is 13.1. The molecular formula is C15H29N3O. The van der Waals surface area contributed by atoms with Crippen molar-refractivity contribution >= 4 is 0 Å². The highest BCUT2D eigenvalue weighted by Crippen LogP contribution is 2.22. The van der Waals surface area contributed by atoms with Crippen LogP contribution in [0.25, 0.3) is 0 Å². The van der Waals surface area contributed by atoms with Gasteiger partial charge in [0, 0.05) is 38.5 Å². The topological polar surface area (TPSA) is 39.1 Å². The molecule has 0 spiro atoms. The van der Waals surface area contributed by atoms with Crippen LogP contribution >= 0.6 is 0 Å². The number of rotatable bonds is 9. The summed E-state index contributed by atoms with van der Waals surface area (Å²) in [6.07, 6.45) is 6.94. The summed E-state index contributed by atoms with van der Waals surface area (Å²) in [5.74, 6) is 1.13. The summed E-state index contributed by atoms with van der Waals surface area (Å²) >= 11 is 0. The fraction of sp³-hybridized carbons (Fsp3) is 0.800. The molecule has 0 amide bonds. The quantitative estimate of drug-likeness (QED) is 0.747. The van der Waals surface area contributed by atoms with Crippen LogP contribution < -0.4 is 5.32 Å². The molecule has 0 radical (unpaired) electrons. The molecule has 19 heavy (non-hydrogen) atoms. The number of hydrogen-bond donors (Lipinski definition) is 1. The smallest absolute Gasteiger partial charge is 0.110 e. The Kier molecular flexibility index (Phi) is 6.52. The summed E-state index contributed by atoms with van der Waals surface area (Å²) in [4.78, 5) is 4.48. The Morgan fingerprint density at radius 2 is 2.16 bits per heavy atom. The lowest BCUT2D eigenvalue weighted by atomic mass is 9.90. The van der Waals surface area contributed by atoms with Gasteiger partial charge >= 0.3 is 0 Å². The Morgan fingerprint density at radius 3 is 2.68 bits per heavy atom. The van der Waals surface area contributed by atoms with E-state index in [0.717, 1.165) is 38.2 Å². The summed E-state index contributed by atoms with van der Waals surface area (Å²) in [7, 11) is 1.80. The number of aryl methyl sites for hydroxylation is 1. The van der Waals surface area contributed by atoms with Crippen molar-refractivity contribution in [2.45, 2.75) is 65.1 Å². The molecule has 1 N–H and O–H groups in total. The molecule has 0 bridgehead atoms. The monoisotopic (exact) mass is 267 g/mol. The molecule has 0 saturated carbocycles. The highest BCUT2D eigenvalue weighted by molar-refractivity contribution is 5.00. The molecular weight excluding hydrogens is 238 g/mol. The minimum absolute atomic E-state index is 0.153. The largest absolute Gasteiger partial charge is 0.377 e. The van der Waals surface area contributed by atoms with E-state index in [9.17, 15) is 0 Å². The van der Waals surface area contributed by atoms with E-state index in [1.54, 1.807) is 7.11 Å². The molecule has 4 nitrogen and oxygen atoms in total. The standard InChI is InChI=1S/C15H29N3O/c1-6-9-16-13(15(4,7-2)19-5)12-14-17-10-11-18(14)8-3/h10-11,13,16H,6-9,12H2,1-5H3. The number of nitrogens with zero attached hydrogens (tertiary/aromatic N) is 2. The number of hydrogen-bond acceptors (Lipinski definition) is 3. The first-order valence-corrected chi connectivity index (χ1v) is 7.39. The van der Waals surface area contributed by atoms with E-state index in [2.05, 4.69) is 42.6 Å². The van der Waals surface area contributed by atoms with Crippen molar-refractivity contribution in [1.29, 1.82) is 0 Å². The van der Waals surface area contributed by atoms with E-state index < -0.39 is 0 Å². The first kappa shape index (κ1) is 16.2. The van der Waals surface area contributed by atoms with Gasteiger partial charge in [0.25, 0.3) is 0 Å². The molecule has 110 valence electrons. The third-order valence-electron chi connectivity index (χ3n) is 4.08. The van der Waals surface area contributed by atoms with Gasteiger partial charge in [-0.25, -0.2) is 4.98 Å². The maximum Gasteiger partial charge on any atom is 0.110 e. The highest BCUT2D eigenvalue weighted by atomic mass is 16.5. The van der Waals surface area contributed by atoms with Crippen LogP contribution in [0, 0.1) is 0 Å². The first-order valence-electron chi connectivity index (χ1n) is 7.39. The zero-order chi connectivity index (χ0) is 14.3. The Bertz CT molecular complexity index is 358. The second-order valence-corrected chi connectivity index (χ2v) is 5.21. The molecule has 0 aliphatic rings. The Balaban J connectivity index is 2.85. The van der Waals surface area contributed by atoms with Gasteiger partial charge in [0.1, 0.15) is 5.82 Å². The highest BCUT2D eigenvalue weighted by Gasteiger charge is 2.33. The van der Waals surface area contributed by atoms with Crippen molar-refractivity contribution < 1.29 is 4.74 Å². The maximum absolute atomic E-state index is 5.77. The molecule has 2 unspecified atom stereocenters. The Labute approximate surface area is 117 Å². The zero-order valence-electron chi connectivity index (χ0n) is 13.1. The second kappa shape index (κ2) is 7.65. The third-order valence-corrected chi connectivity index (χ3v) is 4.08. The van der Waals surface area contributed by atoms with Gasteiger partial charge in [0.15, 0.2) is 0 Å². The van der Waals surface area contributed by atoms with Gasteiger partial charge in [-0.1, -0.05) is 13.8 Å². The second-order valence-electron chi connectivity index (χ2n) is 5.21. The predicted octanol–water partition coefficient (Wildman–Crippen LogP) is 2.63. The molecule has 2 atom stereocenters. The summed E-state index contributed by atoms with van der Waals surface area (Å²) in [5, 5.41) is 3.62. The lowest BCUT2D eigenvalue weighted by Crippen LogP contribution is -2.51. The number of methoxy groups -OCH3 is 1. The molecule has 0 aromatic carbocycles. The van der Waals surface area contributed by atoms with Crippen LogP contribution in [0.3, 0.4) is 0 Å². The fourth-order valence-electron chi connectivity index (χ4n) is 2.36. The van der Waals surface area contributed by atoms with E-state index in [4.69, 9.17) is 4.74 Å². The van der Waals surface area contributed by atoms with Crippen LogP contribution in [0.2, 0.25) is 0 Å². The van der Waals surface area contributed by atoms with Gasteiger partial charge < -0.3 is 14.6 Å². The van der Waals surface area contributed by atoms with Crippen LogP contribution in [-0.2, 0) is 17.7 Å². The molecule has 4 heteroatoms. The fourth-order valence-corrected chi connectivity index (χ4v) is 2.36. The molecule has 0 saturated heterocycles. The van der Waals surface area contributed by atoms with Crippen molar-refractivity contribution in [1.82, 2.24) is 14.9 Å². The average Bonchev–Trinajstić information content (AvgIpc) is 2.89. The van der Waals surface area contributed by atoms with E-state index in [1.165, 1.54) is 0 Å². The molecule has 1 aromatic heterocycles. The van der Waals surface area contributed by atoms with Crippen molar-refractivity contribution in [2.24, 2.45) is 0 Å². The van der Waals surface area contributed by atoms with Crippen LogP contribution in [0.1, 0.15) is 46.4 Å². The van der Waals surface area contributed by atoms with Gasteiger partial charge in [0.05, 0.1) is 5.60 Å². The van der Waals surface area contributed by atoms with Crippen LogP contribution in [-0.4, -0.2) is 34.8 Å². The Morgan fingerprint density at radius 1 is 1.42 bits per heavy atom. The molecule has 0 aliphatic carbocycles. The van der Waals surface area contributed by atoms with Gasteiger partial charge in [-0.2, -0.15) is 0 Å². The van der Waals surface area contributed by atoms with E-state index >= 15 is 0 Å². The molecule has 1 rings (SSSR count). The van der Waals surface area contributed by atoms with E-state index in [-0.39, 0.29) is 11.6 Å². The first-order chi connectivity index (χ1) is 9.11. The van der Waals surface area contributed by atoms with Crippen molar-refractivity contribution in [3.63, 3.8) is 0 Å². The molecule has 1 heterocycles. The van der Waals surface area contributed by atoms with Crippen LogP contribution in [0.4, 0.5) is 0 Å². The van der Waals surface area contributed by atoms with Gasteiger partial charge in [-0.3, -0.25) is 0 Å². The van der Waals surface area contributed by atoms with Crippen molar-refractivity contribution in [3.05, 3.63) is 18.2 Å². The summed E-state index contributed by atoms with van der Waals surface area (Å²) < 4.78 is 7.97. The average molecular weight is 267 g/mol. The maximum atomic E-state index is 5.77. The van der Waals surface area contributed by atoms with Gasteiger partial charge in [-0.15, -0.1) is 0 Å².